The van der Waals surface area contributed by atoms with E-state index in [2.05, 4.69) is 19.2 Å². The molecule has 0 bridgehead atoms. The van der Waals surface area contributed by atoms with Crippen LogP contribution in [0.5, 0.6) is 0 Å². The summed E-state index contributed by atoms with van der Waals surface area (Å²) in [6, 6.07) is 7.47. The molecule has 9 heteroatoms. The van der Waals surface area contributed by atoms with Gasteiger partial charge in [0.1, 0.15) is 24.3 Å². The molecule has 1 aromatic carbocycles. The van der Waals surface area contributed by atoms with E-state index in [-0.39, 0.29) is 29.9 Å². The van der Waals surface area contributed by atoms with Crippen molar-refractivity contribution in [2.24, 2.45) is 5.92 Å². The lowest BCUT2D eigenvalue weighted by Gasteiger charge is -2.36. The van der Waals surface area contributed by atoms with Crippen LogP contribution in [-0.4, -0.2) is 82.5 Å². The van der Waals surface area contributed by atoms with Crippen molar-refractivity contribution in [1.82, 2.24) is 10.2 Å². The number of carbonyl (C=O) groups is 3. The zero-order valence-corrected chi connectivity index (χ0v) is 26.4. The van der Waals surface area contributed by atoms with Crippen molar-refractivity contribution in [2.75, 3.05) is 13.2 Å². The Morgan fingerprint density at radius 3 is 2.21 bits per heavy atom. The second-order valence-electron chi connectivity index (χ2n) is 12.3. The summed E-state index contributed by atoms with van der Waals surface area (Å²) < 4.78 is 11.5. The highest BCUT2D eigenvalue weighted by molar-refractivity contribution is 5.89. The van der Waals surface area contributed by atoms with Crippen molar-refractivity contribution in [3.8, 4) is 0 Å². The van der Waals surface area contributed by atoms with Crippen LogP contribution in [0.2, 0.25) is 0 Å². The first-order valence-corrected chi connectivity index (χ1v) is 16.6. The van der Waals surface area contributed by atoms with Crippen molar-refractivity contribution in [3.63, 3.8) is 0 Å². The molecule has 3 rings (SSSR count). The summed E-state index contributed by atoms with van der Waals surface area (Å²) in [7, 11) is 0. The van der Waals surface area contributed by atoms with Crippen LogP contribution in [0.25, 0.3) is 0 Å². The molecule has 1 aliphatic heterocycles. The molecule has 1 aliphatic carbocycles. The van der Waals surface area contributed by atoms with Gasteiger partial charge in [0.05, 0.1) is 19.3 Å². The molecule has 0 unspecified atom stereocenters. The fraction of sp³-hybridized carbons (Fsp3) is 0.735. The summed E-state index contributed by atoms with van der Waals surface area (Å²) in [6.07, 6.45) is 10.1. The Hall–Kier alpha value is -2.49. The minimum atomic E-state index is -1.03. The molecule has 3 N–H and O–H groups in total. The van der Waals surface area contributed by atoms with Gasteiger partial charge in [-0.15, -0.1) is 0 Å². The van der Waals surface area contributed by atoms with Crippen molar-refractivity contribution in [1.29, 1.82) is 0 Å². The van der Waals surface area contributed by atoms with Gasteiger partial charge in [0.15, 0.2) is 0 Å². The number of aliphatic hydroxyl groups excluding tert-OH is 2. The number of aryl methyl sites for hydroxylation is 1. The lowest BCUT2D eigenvalue weighted by molar-refractivity contribution is -0.161. The fourth-order valence-corrected chi connectivity index (χ4v) is 6.56. The molecule has 1 saturated heterocycles. The van der Waals surface area contributed by atoms with E-state index in [1.54, 1.807) is 11.8 Å². The van der Waals surface area contributed by atoms with Crippen LogP contribution in [0, 0.1) is 5.92 Å². The van der Waals surface area contributed by atoms with Crippen molar-refractivity contribution in [3.05, 3.63) is 35.9 Å². The molecule has 5 atom stereocenters. The summed E-state index contributed by atoms with van der Waals surface area (Å²) in [5.41, 5.74) is 1.04. The van der Waals surface area contributed by atoms with E-state index < -0.39 is 43.4 Å². The van der Waals surface area contributed by atoms with Crippen LogP contribution in [0.3, 0.4) is 0 Å². The number of ether oxygens (including phenoxy) is 2. The average molecular weight is 603 g/mol. The van der Waals surface area contributed by atoms with Crippen LogP contribution in [0.15, 0.2) is 30.3 Å². The highest BCUT2D eigenvalue weighted by atomic mass is 16.6. The van der Waals surface area contributed by atoms with E-state index in [1.807, 2.05) is 30.3 Å². The zero-order chi connectivity index (χ0) is 31.2. The number of likely N-dealkylation sites (tertiary alicyclic amines) is 1. The molecule has 0 aromatic heterocycles. The van der Waals surface area contributed by atoms with Crippen LogP contribution >= 0.6 is 0 Å². The summed E-state index contributed by atoms with van der Waals surface area (Å²) in [5, 5.41) is 22.1. The highest BCUT2D eigenvalue weighted by Crippen LogP contribution is 2.40. The third-order valence-corrected chi connectivity index (χ3v) is 9.02. The second-order valence-corrected chi connectivity index (χ2v) is 12.3. The Morgan fingerprint density at radius 1 is 0.930 bits per heavy atom. The summed E-state index contributed by atoms with van der Waals surface area (Å²) in [4.78, 5) is 42.7. The Morgan fingerprint density at radius 2 is 1.58 bits per heavy atom. The number of benzene rings is 1. The van der Waals surface area contributed by atoms with Crippen molar-refractivity contribution in [2.45, 2.75) is 141 Å². The minimum absolute atomic E-state index is 0.0179. The average Bonchev–Trinajstić information content (AvgIpc) is 3.42. The minimum Gasteiger partial charge on any atom is -0.461 e. The maximum atomic E-state index is 14.1. The third-order valence-electron chi connectivity index (χ3n) is 9.02. The largest absolute Gasteiger partial charge is 0.461 e. The van der Waals surface area contributed by atoms with Crippen molar-refractivity contribution < 1.29 is 34.1 Å². The van der Waals surface area contributed by atoms with E-state index in [0.717, 1.165) is 69.8 Å². The number of nitrogens with one attached hydrogen (secondary N) is 1. The molecular formula is C34H54N2O7. The molecule has 242 valence electrons. The lowest BCUT2D eigenvalue weighted by atomic mass is 9.84. The van der Waals surface area contributed by atoms with Crippen LogP contribution in [-0.2, 0) is 30.3 Å². The van der Waals surface area contributed by atoms with Gasteiger partial charge in [-0.1, -0.05) is 82.7 Å². The smallest absolute Gasteiger partial charge is 0.329 e. The van der Waals surface area contributed by atoms with Gasteiger partial charge >= 0.3 is 11.9 Å². The number of aliphatic hydroxyl groups is 2. The van der Waals surface area contributed by atoms with Gasteiger partial charge < -0.3 is 24.6 Å². The van der Waals surface area contributed by atoms with Gasteiger partial charge in [-0.3, -0.25) is 14.9 Å². The molecule has 1 amide bonds. The molecule has 2 fully saturated rings. The second kappa shape index (κ2) is 18.3. The number of unbranched alkanes of at least 4 members (excludes halogenated alkanes) is 2. The van der Waals surface area contributed by atoms with Crippen LogP contribution in [0.1, 0.15) is 103 Å². The molecule has 0 spiro atoms. The van der Waals surface area contributed by atoms with Gasteiger partial charge in [0.2, 0.25) is 5.91 Å². The van der Waals surface area contributed by atoms with Crippen LogP contribution in [0.4, 0.5) is 0 Å². The van der Waals surface area contributed by atoms with E-state index in [0.29, 0.717) is 19.3 Å². The number of hydrogen-bond acceptors (Lipinski definition) is 8. The number of fused-ring (bicyclic) bond motifs is 1. The Balaban J connectivity index is 1.77. The first kappa shape index (κ1) is 35.0. The molecule has 0 radical (unpaired) electrons. The lowest BCUT2D eigenvalue weighted by Crippen LogP contribution is -2.56. The van der Waals surface area contributed by atoms with E-state index in [4.69, 9.17) is 9.47 Å². The van der Waals surface area contributed by atoms with E-state index >= 15 is 0 Å². The molecule has 1 heterocycles. The Labute approximate surface area is 257 Å². The predicted molar refractivity (Wildman–Crippen MR) is 165 cm³/mol. The first-order chi connectivity index (χ1) is 20.8. The summed E-state index contributed by atoms with van der Waals surface area (Å²) in [5.74, 6) is -0.887. The van der Waals surface area contributed by atoms with Gasteiger partial charge in [-0.25, -0.2) is 4.79 Å². The van der Waals surface area contributed by atoms with Gasteiger partial charge in [0, 0.05) is 6.04 Å². The van der Waals surface area contributed by atoms with Gasteiger partial charge in [0.25, 0.3) is 0 Å². The van der Waals surface area contributed by atoms with Gasteiger partial charge in [-0.05, 0) is 63.4 Å². The van der Waals surface area contributed by atoms with Crippen molar-refractivity contribution >= 4 is 17.8 Å². The van der Waals surface area contributed by atoms with E-state index in [9.17, 15) is 24.6 Å². The predicted octanol–water partition coefficient (Wildman–Crippen LogP) is 4.31. The SMILES string of the molecule is CCCCC(CCCC)OC(=O)[C@@H]1C[C@H]2CCCC[C@@H]2N1C(=O)[C@H](C)N[C@@H](CCc1ccccc1)C(=O)OC(CO)CO. The number of esters is 2. The summed E-state index contributed by atoms with van der Waals surface area (Å²) >= 11 is 0. The maximum Gasteiger partial charge on any atom is 0.329 e. The number of amides is 1. The molecular weight excluding hydrogens is 548 g/mol. The van der Waals surface area contributed by atoms with Gasteiger partial charge in [-0.2, -0.15) is 0 Å². The molecule has 9 nitrogen and oxygen atoms in total. The number of nitrogens with zero attached hydrogens (tertiary/aromatic N) is 1. The third kappa shape index (κ3) is 10.3. The number of hydrogen-bond donors (Lipinski definition) is 3. The topological polar surface area (TPSA) is 125 Å². The normalized spacial score (nSPS) is 21.5. The maximum absolute atomic E-state index is 14.1. The first-order valence-electron chi connectivity index (χ1n) is 16.6. The number of rotatable bonds is 18. The zero-order valence-electron chi connectivity index (χ0n) is 26.4. The van der Waals surface area contributed by atoms with E-state index in [1.165, 1.54) is 0 Å². The Kier molecular flexibility index (Phi) is 14.9. The summed E-state index contributed by atoms with van der Waals surface area (Å²) in [6.45, 7) is 4.99. The quantitative estimate of drug-likeness (QED) is 0.212. The highest BCUT2D eigenvalue weighted by Gasteiger charge is 2.49. The van der Waals surface area contributed by atoms with Crippen LogP contribution < -0.4 is 5.32 Å². The molecule has 2 aliphatic rings. The molecule has 43 heavy (non-hydrogen) atoms. The number of carbonyl (C=O) groups excluding carboxylic acids is 3. The fourth-order valence-electron chi connectivity index (χ4n) is 6.56. The Bertz CT molecular complexity index is 978. The monoisotopic (exact) mass is 602 g/mol. The molecule has 1 saturated carbocycles. The molecule has 1 aromatic rings. The standard InChI is InChI=1S/C34H54N2O7/c1-4-6-16-27(17-7-5-2)42-34(41)31-21-26-15-11-12-18-30(26)36(31)32(39)24(3)35-29(33(40)43-28(22-37)23-38)20-19-25-13-9-8-10-14-25/h8-10,13-14,24,26-31,35,37-38H,4-7,11-12,15-23H2,1-3H3/t24-,26+,29-,30-,31-/m0/s1.